The quantitative estimate of drug-likeness (QED) is 0.0320. The van der Waals surface area contributed by atoms with Crippen molar-refractivity contribution in [2.24, 2.45) is 0 Å². The van der Waals surface area contributed by atoms with E-state index in [9.17, 15) is 19.8 Å². The first-order valence-electron chi connectivity index (χ1n) is 34.8. The first-order chi connectivity index (χ1) is 38.0. The Bertz CT molecular complexity index is 1250. The van der Waals surface area contributed by atoms with E-state index in [1.54, 1.807) is 6.08 Å². The first kappa shape index (κ1) is 75.1. The summed E-state index contributed by atoms with van der Waals surface area (Å²) in [6.07, 6.45) is 85.1. The molecule has 2 unspecified atom stereocenters. The molecule has 1 amide bonds. The van der Waals surface area contributed by atoms with E-state index in [2.05, 4.69) is 43.5 Å². The van der Waals surface area contributed by atoms with Crippen LogP contribution >= 0.6 is 0 Å². The number of rotatable bonds is 65. The lowest BCUT2D eigenvalue weighted by Crippen LogP contribution is -2.45. The summed E-state index contributed by atoms with van der Waals surface area (Å²) in [6, 6.07) is -0.626. The minimum atomic E-state index is -0.843. The van der Waals surface area contributed by atoms with Crippen molar-refractivity contribution in [1.82, 2.24) is 5.32 Å². The normalized spacial score (nSPS) is 12.7. The van der Waals surface area contributed by atoms with Crippen molar-refractivity contribution in [3.8, 4) is 0 Å². The van der Waals surface area contributed by atoms with Gasteiger partial charge >= 0.3 is 5.97 Å². The first-order valence-corrected chi connectivity index (χ1v) is 34.8. The molecule has 3 N–H and O–H groups in total. The average molecular weight is 1080 g/mol. The third-order valence-corrected chi connectivity index (χ3v) is 16.1. The molecule has 0 saturated heterocycles. The molecular formula is C71H135NO5. The van der Waals surface area contributed by atoms with Crippen molar-refractivity contribution in [2.75, 3.05) is 13.2 Å². The fourth-order valence-electron chi connectivity index (χ4n) is 10.8. The molecular weight excluding hydrogens is 947 g/mol. The molecule has 0 aliphatic heterocycles. The van der Waals surface area contributed by atoms with E-state index in [-0.39, 0.29) is 18.5 Å². The van der Waals surface area contributed by atoms with E-state index in [0.29, 0.717) is 19.4 Å². The second kappa shape index (κ2) is 66.6. The van der Waals surface area contributed by atoms with E-state index in [1.165, 1.54) is 308 Å². The molecule has 454 valence electrons. The van der Waals surface area contributed by atoms with Gasteiger partial charge in [-0.1, -0.05) is 320 Å². The zero-order valence-electron chi connectivity index (χ0n) is 52.0. The van der Waals surface area contributed by atoms with Gasteiger partial charge in [-0.05, 0) is 83.5 Å². The summed E-state index contributed by atoms with van der Waals surface area (Å²) in [7, 11) is 0. The molecule has 0 bridgehead atoms. The lowest BCUT2D eigenvalue weighted by molar-refractivity contribution is -0.143. The number of nitrogens with one attached hydrogen (secondary N) is 1. The summed E-state index contributed by atoms with van der Waals surface area (Å²) in [6.45, 7) is 4.92. The van der Waals surface area contributed by atoms with Crippen LogP contribution in [0.25, 0.3) is 0 Å². The molecule has 77 heavy (non-hydrogen) atoms. The van der Waals surface area contributed by atoms with E-state index in [1.807, 2.05) is 6.08 Å². The Hall–Kier alpha value is -1.92. The number of unbranched alkanes of at least 4 members (excludes halogenated alkanes) is 50. The average Bonchev–Trinajstić information content (AvgIpc) is 3.43. The summed E-state index contributed by atoms with van der Waals surface area (Å²) in [5.74, 6) is -0.0517. The molecule has 0 aromatic carbocycles. The van der Waals surface area contributed by atoms with Crippen LogP contribution in [0.2, 0.25) is 0 Å². The summed E-state index contributed by atoms with van der Waals surface area (Å²) in [5, 5.41) is 23.1. The zero-order chi connectivity index (χ0) is 55.7. The molecule has 2 atom stereocenters. The van der Waals surface area contributed by atoms with Gasteiger partial charge in [0.25, 0.3) is 0 Å². The maximum atomic E-state index is 12.5. The van der Waals surface area contributed by atoms with E-state index in [4.69, 9.17) is 4.74 Å². The van der Waals surface area contributed by atoms with Gasteiger partial charge in [0.2, 0.25) is 5.91 Å². The van der Waals surface area contributed by atoms with E-state index in [0.717, 1.165) is 44.9 Å². The summed E-state index contributed by atoms with van der Waals surface area (Å²) >= 11 is 0. The fraction of sp³-hybridized carbons (Fsp3) is 0.887. The number of amides is 1. The molecule has 0 aromatic heterocycles. The molecule has 0 rings (SSSR count). The molecule has 0 aromatic rings. The summed E-state index contributed by atoms with van der Waals surface area (Å²) in [4.78, 5) is 24.6. The molecule has 6 heteroatoms. The number of esters is 1. The van der Waals surface area contributed by atoms with Gasteiger partial charge in [0, 0.05) is 12.8 Å². The fourth-order valence-corrected chi connectivity index (χ4v) is 10.8. The Morgan fingerprint density at radius 3 is 0.922 bits per heavy atom. The van der Waals surface area contributed by atoms with Crippen LogP contribution in [0.5, 0.6) is 0 Å². The highest BCUT2D eigenvalue weighted by atomic mass is 16.5. The van der Waals surface area contributed by atoms with Crippen molar-refractivity contribution in [1.29, 1.82) is 0 Å². The monoisotopic (exact) mass is 1080 g/mol. The van der Waals surface area contributed by atoms with Gasteiger partial charge in [-0.25, -0.2) is 0 Å². The molecule has 0 aliphatic rings. The van der Waals surface area contributed by atoms with Crippen LogP contribution < -0.4 is 5.32 Å². The van der Waals surface area contributed by atoms with Crippen LogP contribution in [-0.4, -0.2) is 47.4 Å². The van der Waals surface area contributed by atoms with Gasteiger partial charge < -0.3 is 20.3 Å². The molecule has 0 aliphatic carbocycles. The highest BCUT2D eigenvalue weighted by Crippen LogP contribution is 2.18. The van der Waals surface area contributed by atoms with Crippen LogP contribution in [0.3, 0.4) is 0 Å². The predicted octanol–water partition coefficient (Wildman–Crippen LogP) is 22.3. The van der Waals surface area contributed by atoms with Crippen molar-refractivity contribution in [3.63, 3.8) is 0 Å². The molecule has 0 fully saturated rings. The van der Waals surface area contributed by atoms with Gasteiger partial charge in [0.15, 0.2) is 0 Å². The molecule has 6 nitrogen and oxygen atoms in total. The number of hydrogen-bond acceptors (Lipinski definition) is 5. The van der Waals surface area contributed by atoms with Crippen molar-refractivity contribution in [2.45, 2.75) is 392 Å². The molecule has 0 radical (unpaired) electrons. The Morgan fingerprint density at radius 1 is 0.351 bits per heavy atom. The number of aliphatic hydroxyl groups is 2. The minimum Gasteiger partial charge on any atom is -0.466 e. The van der Waals surface area contributed by atoms with Crippen molar-refractivity contribution < 1.29 is 24.5 Å². The number of allylic oxidation sites excluding steroid dienone is 5. The van der Waals surface area contributed by atoms with Gasteiger partial charge in [-0.3, -0.25) is 9.59 Å². The summed E-state index contributed by atoms with van der Waals surface area (Å²) in [5.41, 5.74) is 0. The third kappa shape index (κ3) is 63.1. The second-order valence-corrected chi connectivity index (χ2v) is 23.9. The Labute approximate surface area is 481 Å². The topological polar surface area (TPSA) is 95.9 Å². The van der Waals surface area contributed by atoms with Gasteiger partial charge in [-0.2, -0.15) is 0 Å². The molecule has 0 saturated carbocycles. The highest BCUT2D eigenvalue weighted by Gasteiger charge is 2.18. The standard InChI is InChI=1S/C71H135NO5/c1-3-5-7-9-11-13-15-17-18-33-37-41-45-49-53-57-61-65-71(76)77-66-62-58-54-50-46-42-38-35-32-30-28-26-24-22-20-19-21-23-25-27-29-31-34-36-40-44-48-52-56-60-64-70(75)72-68(67-73)69(74)63-59-55-51-47-43-39-16-14-12-10-8-6-4-2/h17-18,20,22,59,63,68-69,73-74H,3-16,19,21,23-58,60-62,64-67H2,1-2H3,(H,72,75)/b18-17-,22-20-,63-59+. The second-order valence-electron chi connectivity index (χ2n) is 23.9. The number of hydrogen-bond donors (Lipinski definition) is 3. The molecule has 0 heterocycles. The lowest BCUT2D eigenvalue weighted by atomic mass is 10.0. The Kier molecular flexibility index (Phi) is 64.9. The maximum Gasteiger partial charge on any atom is 0.305 e. The van der Waals surface area contributed by atoms with Gasteiger partial charge in [-0.15, -0.1) is 0 Å². The van der Waals surface area contributed by atoms with E-state index < -0.39 is 12.1 Å². The minimum absolute atomic E-state index is 0.0138. The SMILES string of the molecule is CCCCCCCC/C=C\CCCCCCCCCC(=O)OCCCCCCCCCCCCCC/C=C\CCCCCCCCCCCCCCCCC(=O)NC(CO)C(O)/C=C/CCCCCCCCCCCCC. The number of aliphatic hydroxyl groups excluding tert-OH is 2. The number of carbonyl (C=O) groups is 2. The molecule has 0 spiro atoms. The highest BCUT2D eigenvalue weighted by molar-refractivity contribution is 5.76. The van der Waals surface area contributed by atoms with E-state index >= 15 is 0 Å². The van der Waals surface area contributed by atoms with Crippen LogP contribution in [0.15, 0.2) is 36.5 Å². The summed E-state index contributed by atoms with van der Waals surface area (Å²) < 4.78 is 5.50. The Balaban J connectivity index is 3.36. The predicted molar refractivity (Wildman–Crippen MR) is 338 cm³/mol. The smallest absolute Gasteiger partial charge is 0.305 e. The number of ether oxygens (including phenoxy) is 1. The van der Waals surface area contributed by atoms with Crippen molar-refractivity contribution in [3.05, 3.63) is 36.5 Å². The lowest BCUT2D eigenvalue weighted by Gasteiger charge is -2.20. The Morgan fingerprint density at radius 2 is 0.610 bits per heavy atom. The van der Waals surface area contributed by atoms with Gasteiger partial charge in [0.05, 0.1) is 25.4 Å². The van der Waals surface area contributed by atoms with Crippen LogP contribution in [0.1, 0.15) is 380 Å². The van der Waals surface area contributed by atoms with Crippen LogP contribution in [0, 0.1) is 0 Å². The zero-order valence-corrected chi connectivity index (χ0v) is 52.0. The largest absolute Gasteiger partial charge is 0.466 e. The van der Waals surface area contributed by atoms with Crippen LogP contribution in [-0.2, 0) is 14.3 Å². The third-order valence-electron chi connectivity index (χ3n) is 16.1. The maximum absolute atomic E-state index is 12.5. The van der Waals surface area contributed by atoms with Crippen LogP contribution in [0.4, 0.5) is 0 Å². The van der Waals surface area contributed by atoms with Crippen molar-refractivity contribution >= 4 is 11.9 Å². The number of carbonyl (C=O) groups excluding carboxylic acids is 2. The van der Waals surface area contributed by atoms with Gasteiger partial charge in [0.1, 0.15) is 0 Å².